The summed E-state index contributed by atoms with van der Waals surface area (Å²) in [5.74, 6) is 0.845. The molecule has 0 aromatic rings. The fourth-order valence-electron chi connectivity index (χ4n) is 1.46. The molecule has 2 N–H and O–H groups in total. The van der Waals surface area contributed by atoms with Crippen LogP contribution in [0.5, 0.6) is 0 Å². The maximum absolute atomic E-state index is 9.01. The van der Waals surface area contributed by atoms with Crippen molar-refractivity contribution in [2.24, 2.45) is 5.92 Å². The molecule has 0 spiro atoms. The molecule has 1 atom stereocenters. The number of rotatable bonds is 9. The quantitative estimate of drug-likeness (QED) is 0.529. The number of likely N-dealkylation sites (N-methyl/N-ethyl adjacent to an activating group) is 2. The highest BCUT2D eigenvalue weighted by Gasteiger charge is 2.21. The summed E-state index contributed by atoms with van der Waals surface area (Å²) in [6.45, 7) is 3.71. The van der Waals surface area contributed by atoms with Gasteiger partial charge in [0, 0.05) is 25.7 Å². The second-order valence-electron chi connectivity index (χ2n) is 4.45. The van der Waals surface area contributed by atoms with E-state index in [0.717, 1.165) is 32.2 Å². The van der Waals surface area contributed by atoms with Crippen molar-refractivity contribution >= 4 is 0 Å². The third-order valence-electron chi connectivity index (χ3n) is 2.83. The van der Waals surface area contributed by atoms with Crippen LogP contribution in [0, 0.1) is 5.92 Å². The lowest BCUT2D eigenvalue weighted by Gasteiger charge is -2.22. The Labute approximate surface area is 92.6 Å². The molecule has 15 heavy (non-hydrogen) atoms. The van der Waals surface area contributed by atoms with Gasteiger partial charge in [0.2, 0.25) is 0 Å². The van der Waals surface area contributed by atoms with Crippen molar-refractivity contribution in [3.8, 4) is 0 Å². The summed E-state index contributed by atoms with van der Waals surface area (Å²) in [6, 6.07) is 0.165. The molecule has 1 rings (SSSR count). The smallest absolute Gasteiger partial charge is 0.0597 e. The van der Waals surface area contributed by atoms with Crippen molar-refractivity contribution in [1.82, 2.24) is 10.2 Å². The van der Waals surface area contributed by atoms with Gasteiger partial charge >= 0.3 is 0 Å². The summed E-state index contributed by atoms with van der Waals surface area (Å²) >= 11 is 0. The molecule has 4 nitrogen and oxygen atoms in total. The van der Waals surface area contributed by atoms with E-state index in [1.807, 2.05) is 7.05 Å². The Hall–Kier alpha value is -0.160. The number of hydrogen-bond acceptors (Lipinski definition) is 4. The van der Waals surface area contributed by atoms with Crippen LogP contribution in [0.25, 0.3) is 0 Å². The van der Waals surface area contributed by atoms with E-state index in [1.54, 1.807) is 0 Å². The summed E-state index contributed by atoms with van der Waals surface area (Å²) < 4.78 is 5.55. The third kappa shape index (κ3) is 6.10. The fourth-order valence-corrected chi connectivity index (χ4v) is 1.46. The van der Waals surface area contributed by atoms with Gasteiger partial charge in [-0.2, -0.15) is 0 Å². The summed E-state index contributed by atoms with van der Waals surface area (Å²) in [4.78, 5) is 2.18. The van der Waals surface area contributed by atoms with Gasteiger partial charge in [-0.05, 0) is 32.9 Å². The van der Waals surface area contributed by atoms with Crippen molar-refractivity contribution < 1.29 is 9.84 Å². The van der Waals surface area contributed by atoms with E-state index in [1.165, 1.54) is 12.8 Å². The SMILES string of the molecule is CNC(CO)CN(C)CCOCC1CC1. The molecular formula is C11H24N2O2. The number of nitrogens with zero attached hydrogens (tertiary/aromatic N) is 1. The van der Waals surface area contributed by atoms with Crippen LogP contribution in [0.3, 0.4) is 0 Å². The first-order valence-electron chi connectivity index (χ1n) is 5.80. The molecule has 1 fully saturated rings. The lowest BCUT2D eigenvalue weighted by Crippen LogP contribution is -2.41. The van der Waals surface area contributed by atoms with E-state index in [4.69, 9.17) is 9.84 Å². The van der Waals surface area contributed by atoms with Gasteiger partial charge in [-0.3, -0.25) is 0 Å². The summed E-state index contributed by atoms with van der Waals surface area (Å²) in [6.07, 6.45) is 2.70. The zero-order valence-electron chi connectivity index (χ0n) is 9.91. The Bertz CT molecular complexity index is 159. The number of nitrogens with one attached hydrogen (secondary N) is 1. The average molecular weight is 216 g/mol. The van der Waals surface area contributed by atoms with E-state index >= 15 is 0 Å². The van der Waals surface area contributed by atoms with Gasteiger partial charge in [-0.25, -0.2) is 0 Å². The van der Waals surface area contributed by atoms with Crippen LogP contribution in [-0.4, -0.2) is 63.1 Å². The molecule has 0 aromatic carbocycles. The molecule has 0 radical (unpaired) electrons. The van der Waals surface area contributed by atoms with Crippen molar-refractivity contribution in [2.75, 3.05) is 47.0 Å². The molecule has 0 amide bonds. The maximum atomic E-state index is 9.01. The number of aliphatic hydroxyl groups excluding tert-OH is 1. The highest BCUT2D eigenvalue weighted by Crippen LogP contribution is 2.28. The highest BCUT2D eigenvalue weighted by molar-refractivity contribution is 4.72. The van der Waals surface area contributed by atoms with Gasteiger partial charge in [0.05, 0.1) is 13.2 Å². The van der Waals surface area contributed by atoms with Gasteiger partial charge in [-0.15, -0.1) is 0 Å². The Morgan fingerprint density at radius 1 is 1.53 bits per heavy atom. The molecule has 1 aliphatic rings. The van der Waals surface area contributed by atoms with Crippen LogP contribution in [-0.2, 0) is 4.74 Å². The Morgan fingerprint density at radius 2 is 2.27 bits per heavy atom. The molecule has 0 bridgehead atoms. The number of hydrogen-bond donors (Lipinski definition) is 2. The van der Waals surface area contributed by atoms with Gasteiger partial charge in [0.1, 0.15) is 0 Å². The minimum atomic E-state index is 0.165. The highest BCUT2D eigenvalue weighted by atomic mass is 16.5. The lowest BCUT2D eigenvalue weighted by atomic mass is 10.3. The molecule has 90 valence electrons. The predicted octanol–water partition coefficient (Wildman–Crippen LogP) is -0.0749. The van der Waals surface area contributed by atoms with Crippen molar-refractivity contribution in [3.05, 3.63) is 0 Å². The Balaban J connectivity index is 1.93. The summed E-state index contributed by atoms with van der Waals surface area (Å²) in [7, 11) is 3.93. The monoisotopic (exact) mass is 216 g/mol. The zero-order chi connectivity index (χ0) is 11.1. The molecule has 1 unspecified atom stereocenters. The van der Waals surface area contributed by atoms with E-state index in [9.17, 15) is 0 Å². The topological polar surface area (TPSA) is 44.7 Å². The normalized spacial score (nSPS) is 18.4. The third-order valence-corrected chi connectivity index (χ3v) is 2.83. The zero-order valence-corrected chi connectivity index (χ0v) is 9.91. The van der Waals surface area contributed by atoms with Crippen molar-refractivity contribution in [1.29, 1.82) is 0 Å². The first-order chi connectivity index (χ1) is 7.26. The first kappa shape index (κ1) is 12.9. The molecule has 0 aromatic heterocycles. The number of aliphatic hydroxyl groups is 1. The summed E-state index contributed by atoms with van der Waals surface area (Å²) in [5.41, 5.74) is 0. The van der Waals surface area contributed by atoms with E-state index in [0.29, 0.717) is 0 Å². The summed E-state index contributed by atoms with van der Waals surface area (Å²) in [5, 5.41) is 12.1. The van der Waals surface area contributed by atoms with E-state index in [-0.39, 0.29) is 12.6 Å². The van der Waals surface area contributed by atoms with Crippen molar-refractivity contribution in [2.45, 2.75) is 18.9 Å². The lowest BCUT2D eigenvalue weighted by molar-refractivity contribution is 0.0976. The molecule has 1 aliphatic carbocycles. The second-order valence-corrected chi connectivity index (χ2v) is 4.45. The number of ether oxygens (including phenoxy) is 1. The average Bonchev–Trinajstić information content (AvgIpc) is 3.05. The Kier molecular flexibility index (Phi) is 6.17. The molecule has 0 aliphatic heterocycles. The molecule has 0 heterocycles. The van der Waals surface area contributed by atoms with E-state index in [2.05, 4.69) is 17.3 Å². The Morgan fingerprint density at radius 3 is 2.80 bits per heavy atom. The maximum Gasteiger partial charge on any atom is 0.0597 e. The van der Waals surface area contributed by atoms with Crippen LogP contribution in [0.1, 0.15) is 12.8 Å². The standard InChI is InChI=1S/C11H24N2O2/c1-12-11(8-14)7-13(2)5-6-15-9-10-3-4-10/h10-12,14H,3-9H2,1-2H3. The minimum Gasteiger partial charge on any atom is -0.395 e. The van der Waals surface area contributed by atoms with Crippen LogP contribution >= 0.6 is 0 Å². The van der Waals surface area contributed by atoms with Crippen LogP contribution < -0.4 is 5.32 Å². The molecule has 0 saturated heterocycles. The fraction of sp³-hybridized carbons (Fsp3) is 1.00. The minimum absolute atomic E-state index is 0.165. The molecular weight excluding hydrogens is 192 g/mol. The van der Waals surface area contributed by atoms with Crippen LogP contribution in [0.15, 0.2) is 0 Å². The van der Waals surface area contributed by atoms with Gasteiger partial charge in [-0.1, -0.05) is 0 Å². The first-order valence-corrected chi connectivity index (χ1v) is 5.80. The second kappa shape index (κ2) is 7.17. The molecule has 1 saturated carbocycles. The van der Waals surface area contributed by atoms with Gasteiger partial charge in [0.15, 0.2) is 0 Å². The largest absolute Gasteiger partial charge is 0.395 e. The van der Waals surface area contributed by atoms with E-state index < -0.39 is 0 Å². The van der Waals surface area contributed by atoms with Crippen LogP contribution in [0.2, 0.25) is 0 Å². The van der Waals surface area contributed by atoms with Gasteiger partial charge in [0.25, 0.3) is 0 Å². The molecule has 4 heteroatoms. The van der Waals surface area contributed by atoms with Gasteiger partial charge < -0.3 is 20.1 Å². The predicted molar refractivity (Wildman–Crippen MR) is 61.0 cm³/mol. The van der Waals surface area contributed by atoms with Crippen molar-refractivity contribution in [3.63, 3.8) is 0 Å². The van der Waals surface area contributed by atoms with Crippen LogP contribution in [0.4, 0.5) is 0 Å².